The van der Waals surface area contributed by atoms with Crippen LogP contribution in [0.4, 0.5) is 5.69 Å². The molecule has 0 aromatic heterocycles. The summed E-state index contributed by atoms with van der Waals surface area (Å²) in [4.78, 5) is 12.6. The maximum atomic E-state index is 12.6. The molecule has 6 nitrogen and oxygen atoms in total. The van der Waals surface area contributed by atoms with Gasteiger partial charge in [-0.15, -0.1) is 0 Å². The van der Waals surface area contributed by atoms with E-state index >= 15 is 0 Å². The van der Waals surface area contributed by atoms with Crippen LogP contribution in [0, 0.1) is 13.8 Å². The molecule has 0 spiro atoms. The van der Waals surface area contributed by atoms with Gasteiger partial charge in [0.05, 0.1) is 12.8 Å². The number of hydrogen-bond donors (Lipinski definition) is 1. The van der Waals surface area contributed by atoms with Gasteiger partial charge in [0, 0.05) is 5.56 Å². The Morgan fingerprint density at radius 1 is 0.931 bits per heavy atom. The third kappa shape index (κ3) is 4.75. The van der Waals surface area contributed by atoms with E-state index in [9.17, 15) is 13.2 Å². The maximum absolute atomic E-state index is 12.6. The molecule has 0 saturated carbocycles. The van der Waals surface area contributed by atoms with Crippen LogP contribution in [-0.4, -0.2) is 21.4 Å². The van der Waals surface area contributed by atoms with Crippen molar-refractivity contribution >= 4 is 21.7 Å². The molecular weight excluding hydrogens is 390 g/mol. The third-order valence-corrected chi connectivity index (χ3v) is 5.68. The van der Waals surface area contributed by atoms with Gasteiger partial charge in [-0.25, -0.2) is 0 Å². The van der Waals surface area contributed by atoms with Crippen LogP contribution in [0.5, 0.6) is 11.5 Å². The van der Waals surface area contributed by atoms with Crippen molar-refractivity contribution < 1.29 is 22.1 Å². The van der Waals surface area contributed by atoms with Crippen molar-refractivity contribution in [2.45, 2.75) is 18.7 Å². The van der Waals surface area contributed by atoms with Crippen LogP contribution >= 0.6 is 0 Å². The van der Waals surface area contributed by atoms with Crippen molar-refractivity contribution in [2.75, 3.05) is 12.4 Å². The summed E-state index contributed by atoms with van der Waals surface area (Å²) in [5, 5.41) is 2.76. The molecule has 0 saturated heterocycles. The van der Waals surface area contributed by atoms with Crippen LogP contribution in [0.2, 0.25) is 0 Å². The second kappa shape index (κ2) is 8.36. The van der Waals surface area contributed by atoms with Crippen molar-refractivity contribution in [1.82, 2.24) is 0 Å². The molecule has 0 aliphatic heterocycles. The second-order valence-electron chi connectivity index (χ2n) is 6.49. The molecule has 3 aromatic carbocycles. The number of rotatable bonds is 6. The monoisotopic (exact) mass is 411 g/mol. The summed E-state index contributed by atoms with van der Waals surface area (Å²) >= 11 is 0. The predicted octanol–water partition coefficient (Wildman–Crippen LogP) is 4.33. The standard InChI is InChI=1S/C22H21NO5S/c1-15-8-9-16(2)21(14-15)29(25,26)28-18-12-10-17(11-13-18)22(24)23-19-6-4-5-7-20(19)27-3/h4-14H,1-3H3,(H,23,24). The number of carbonyl (C=O) groups is 1. The number of methoxy groups -OCH3 is 1. The van der Waals surface area contributed by atoms with Gasteiger partial charge < -0.3 is 14.2 Å². The van der Waals surface area contributed by atoms with E-state index in [1.165, 1.54) is 31.4 Å². The molecule has 0 aliphatic rings. The quantitative estimate of drug-likeness (QED) is 0.611. The molecule has 7 heteroatoms. The van der Waals surface area contributed by atoms with E-state index in [2.05, 4.69) is 5.32 Å². The fourth-order valence-corrected chi connectivity index (χ4v) is 4.00. The van der Waals surface area contributed by atoms with Gasteiger partial charge in [0.15, 0.2) is 0 Å². The van der Waals surface area contributed by atoms with Gasteiger partial charge in [-0.1, -0.05) is 24.3 Å². The Morgan fingerprint density at radius 3 is 2.31 bits per heavy atom. The molecule has 1 amide bonds. The van der Waals surface area contributed by atoms with Gasteiger partial charge in [0.1, 0.15) is 16.4 Å². The van der Waals surface area contributed by atoms with Gasteiger partial charge in [-0.05, 0) is 67.4 Å². The Balaban J connectivity index is 1.76. The minimum Gasteiger partial charge on any atom is -0.495 e. The van der Waals surface area contributed by atoms with Crippen LogP contribution in [0.3, 0.4) is 0 Å². The fraction of sp³-hybridized carbons (Fsp3) is 0.136. The lowest BCUT2D eigenvalue weighted by molar-refractivity contribution is 0.102. The van der Waals surface area contributed by atoms with E-state index in [4.69, 9.17) is 8.92 Å². The van der Waals surface area contributed by atoms with Crippen LogP contribution in [0.25, 0.3) is 0 Å². The van der Waals surface area contributed by atoms with Gasteiger partial charge in [-0.2, -0.15) is 8.42 Å². The van der Waals surface area contributed by atoms with Crippen molar-refractivity contribution in [2.24, 2.45) is 0 Å². The normalized spacial score (nSPS) is 11.0. The van der Waals surface area contributed by atoms with E-state index in [1.807, 2.05) is 13.0 Å². The van der Waals surface area contributed by atoms with Crippen molar-refractivity contribution in [3.05, 3.63) is 83.4 Å². The number of hydrogen-bond acceptors (Lipinski definition) is 5. The molecule has 150 valence electrons. The largest absolute Gasteiger partial charge is 0.495 e. The Morgan fingerprint density at radius 2 is 1.62 bits per heavy atom. The molecule has 0 atom stereocenters. The van der Waals surface area contributed by atoms with Crippen LogP contribution in [0.1, 0.15) is 21.5 Å². The van der Waals surface area contributed by atoms with E-state index in [0.29, 0.717) is 22.6 Å². The molecule has 0 bridgehead atoms. The molecule has 29 heavy (non-hydrogen) atoms. The summed E-state index contributed by atoms with van der Waals surface area (Å²) in [6.45, 7) is 3.52. The lowest BCUT2D eigenvalue weighted by atomic mass is 10.2. The number of para-hydroxylation sites is 2. The average Bonchev–Trinajstić information content (AvgIpc) is 2.70. The van der Waals surface area contributed by atoms with Gasteiger partial charge in [0.2, 0.25) is 0 Å². The Labute approximate surface area is 170 Å². The second-order valence-corrected chi connectivity index (χ2v) is 8.00. The first kappa shape index (κ1) is 20.4. The summed E-state index contributed by atoms with van der Waals surface area (Å²) in [7, 11) is -2.45. The summed E-state index contributed by atoms with van der Waals surface area (Å²) < 4.78 is 35.6. The lowest BCUT2D eigenvalue weighted by Crippen LogP contribution is -2.13. The molecule has 0 aliphatic carbocycles. The van der Waals surface area contributed by atoms with Crippen molar-refractivity contribution in [1.29, 1.82) is 0 Å². The number of anilines is 1. The molecule has 1 N–H and O–H groups in total. The van der Waals surface area contributed by atoms with Crippen molar-refractivity contribution in [3.8, 4) is 11.5 Å². The lowest BCUT2D eigenvalue weighted by Gasteiger charge is -2.11. The third-order valence-electron chi connectivity index (χ3n) is 4.29. The van der Waals surface area contributed by atoms with E-state index in [0.717, 1.165) is 5.56 Å². The minimum atomic E-state index is -3.97. The van der Waals surface area contributed by atoms with Crippen molar-refractivity contribution in [3.63, 3.8) is 0 Å². The first-order valence-electron chi connectivity index (χ1n) is 8.86. The zero-order valence-electron chi connectivity index (χ0n) is 16.3. The topological polar surface area (TPSA) is 81.7 Å². The summed E-state index contributed by atoms with van der Waals surface area (Å²) in [6, 6.07) is 18.1. The number of ether oxygens (including phenoxy) is 1. The summed E-state index contributed by atoms with van der Waals surface area (Å²) in [5.41, 5.74) is 2.31. The fourth-order valence-electron chi connectivity index (χ4n) is 2.75. The maximum Gasteiger partial charge on any atom is 0.339 e. The Kier molecular flexibility index (Phi) is 5.89. The number of nitrogens with one attached hydrogen (secondary N) is 1. The highest BCUT2D eigenvalue weighted by molar-refractivity contribution is 7.87. The highest BCUT2D eigenvalue weighted by Crippen LogP contribution is 2.25. The summed E-state index contributed by atoms with van der Waals surface area (Å²) in [5.74, 6) is 0.318. The molecule has 0 fully saturated rings. The minimum absolute atomic E-state index is 0.121. The Bertz CT molecular complexity index is 1140. The van der Waals surface area contributed by atoms with Gasteiger partial charge in [-0.3, -0.25) is 4.79 Å². The van der Waals surface area contributed by atoms with Gasteiger partial charge >= 0.3 is 10.1 Å². The number of amides is 1. The van der Waals surface area contributed by atoms with E-state index < -0.39 is 10.1 Å². The molecule has 0 unspecified atom stereocenters. The molecule has 0 radical (unpaired) electrons. The van der Waals surface area contributed by atoms with Gasteiger partial charge in [0.25, 0.3) is 5.91 Å². The SMILES string of the molecule is COc1ccccc1NC(=O)c1ccc(OS(=O)(=O)c2cc(C)ccc2C)cc1. The average molecular weight is 411 g/mol. The molecular formula is C22H21NO5S. The van der Waals surface area contributed by atoms with E-state index in [-0.39, 0.29) is 16.6 Å². The predicted molar refractivity (Wildman–Crippen MR) is 111 cm³/mol. The highest BCUT2D eigenvalue weighted by atomic mass is 32.2. The molecule has 0 heterocycles. The number of aryl methyl sites for hydroxylation is 2. The zero-order valence-corrected chi connectivity index (χ0v) is 17.1. The van der Waals surface area contributed by atoms with Crippen LogP contribution in [0.15, 0.2) is 71.6 Å². The van der Waals surface area contributed by atoms with Crippen LogP contribution in [-0.2, 0) is 10.1 Å². The van der Waals surface area contributed by atoms with E-state index in [1.54, 1.807) is 43.3 Å². The number of benzene rings is 3. The Hall–Kier alpha value is -3.32. The highest BCUT2D eigenvalue weighted by Gasteiger charge is 2.20. The first-order chi connectivity index (χ1) is 13.8. The first-order valence-corrected chi connectivity index (χ1v) is 10.3. The zero-order chi connectivity index (χ0) is 21.0. The number of carbonyl (C=O) groups excluding carboxylic acids is 1. The molecule has 3 aromatic rings. The smallest absolute Gasteiger partial charge is 0.339 e. The van der Waals surface area contributed by atoms with Crippen LogP contribution < -0.4 is 14.2 Å². The molecule has 3 rings (SSSR count). The summed E-state index contributed by atoms with van der Waals surface area (Å²) in [6.07, 6.45) is 0.